The van der Waals surface area contributed by atoms with Crippen LogP contribution < -0.4 is 14.2 Å². The molecule has 0 atom stereocenters. The standard InChI is InChI=1S/C26H20ClFN2O7S/c1-35-22-13-17(12-21(27)24(22)37-15-16-2-6-19(7-3-16)30(33)34)14-23-25(31)29(26(32)38-23)10-11-36-20-8-4-18(28)5-9-20/h2-9,12-14H,10-11,15H2,1H3/b23-14-. The normalized spacial score (nSPS) is 14.2. The van der Waals surface area contributed by atoms with E-state index in [4.69, 9.17) is 25.8 Å². The predicted molar refractivity (Wildman–Crippen MR) is 140 cm³/mol. The van der Waals surface area contributed by atoms with Crippen molar-refractivity contribution < 1.29 is 33.1 Å². The first-order valence-electron chi connectivity index (χ1n) is 11.1. The van der Waals surface area contributed by atoms with Gasteiger partial charge in [-0.2, -0.15) is 0 Å². The number of amides is 2. The summed E-state index contributed by atoms with van der Waals surface area (Å²) < 4.78 is 29.7. The molecule has 0 radical (unpaired) electrons. The van der Waals surface area contributed by atoms with Crippen molar-refractivity contribution in [3.8, 4) is 17.2 Å². The van der Waals surface area contributed by atoms with Crippen LogP contribution in [0.3, 0.4) is 0 Å². The summed E-state index contributed by atoms with van der Waals surface area (Å²) in [7, 11) is 1.43. The second-order valence-corrected chi connectivity index (χ2v) is 9.28. The highest BCUT2D eigenvalue weighted by molar-refractivity contribution is 8.18. The number of carbonyl (C=O) groups is 2. The minimum atomic E-state index is -0.486. The number of hydrogen-bond donors (Lipinski definition) is 0. The third-order valence-corrected chi connectivity index (χ3v) is 6.54. The third kappa shape index (κ3) is 6.42. The van der Waals surface area contributed by atoms with Crippen molar-refractivity contribution in [1.29, 1.82) is 0 Å². The van der Waals surface area contributed by atoms with Crippen molar-refractivity contribution in [2.45, 2.75) is 6.61 Å². The number of rotatable bonds is 10. The molecule has 3 aromatic rings. The summed E-state index contributed by atoms with van der Waals surface area (Å²) >= 11 is 7.22. The molecule has 1 aliphatic heterocycles. The summed E-state index contributed by atoms with van der Waals surface area (Å²) in [6.07, 6.45) is 1.53. The first kappa shape index (κ1) is 27.0. The van der Waals surface area contributed by atoms with Gasteiger partial charge in [-0.15, -0.1) is 0 Å². The van der Waals surface area contributed by atoms with Crippen molar-refractivity contribution in [2.75, 3.05) is 20.3 Å². The molecule has 2 amide bonds. The monoisotopic (exact) mass is 558 g/mol. The summed E-state index contributed by atoms with van der Waals surface area (Å²) in [6.45, 7) is 0.169. The minimum absolute atomic E-state index is 0.0267. The first-order chi connectivity index (χ1) is 18.2. The van der Waals surface area contributed by atoms with Crippen LogP contribution in [0, 0.1) is 15.9 Å². The fraction of sp³-hybridized carbons (Fsp3) is 0.154. The quantitative estimate of drug-likeness (QED) is 0.167. The molecule has 0 aliphatic carbocycles. The number of nitrogens with zero attached hydrogens (tertiary/aromatic N) is 2. The van der Waals surface area contributed by atoms with Gasteiger partial charge < -0.3 is 14.2 Å². The second-order valence-electron chi connectivity index (χ2n) is 7.88. The lowest BCUT2D eigenvalue weighted by molar-refractivity contribution is -0.384. The van der Waals surface area contributed by atoms with Crippen LogP contribution in [0.25, 0.3) is 6.08 Å². The summed E-state index contributed by atoms with van der Waals surface area (Å²) in [5.74, 6) is 0.116. The Morgan fingerprint density at radius 3 is 2.45 bits per heavy atom. The summed E-state index contributed by atoms with van der Waals surface area (Å²) in [5, 5.41) is 10.6. The van der Waals surface area contributed by atoms with Crippen molar-refractivity contribution in [1.82, 2.24) is 4.90 Å². The van der Waals surface area contributed by atoms with E-state index >= 15 is 0 Å². The predicted octanol–water partition coefficient (Wildman–Crippen LogP) is 6.09. The molecule has 12 heteroatoms. The van der Waals surface area contributed by atoms with Crippen LogP contribution >= 0.6 is 23.4 Å². The Morgan fingerprint density at radius 1 is 1.08 bits per heavy atom. The molecular weight excluding hydrogens is 539 g/mol. The lowest BCUT2D eigenvalue weighted by Crippen LogP contribution is -2.32. The molecule has 0 spiro atoms. The number of benzene rings is 3. The number of hydrogen-bond acceptors (Lipinski definition) is 8. The SMILES string of the molecule is COc1cc(/C=C2\SC(=O)N(CCOc3ccc(F)cc3)C2=O)cc(Cl)c1OCc1ccc([N+](=O)[O-])cc1. The fourth-order valence-electron chi connectivity index (χ4n) is 3.46. The Morgan fingerprint density at radius 2 is 1.79 bits per heavy atom. The van der Waals surface area contributed by atoms with Crippen LogP contribution in [-0.4, -0.2) is 41.2 Å². The lowest BCUT2D eigenvalue weighted by atomic mass is 10.1. The Balaban J connectivity index is 1.42. The highest BCUT2D eigenvalue weighted by atomic mass is 35.5. The topological polar surface area (TPSA) is 108 Å². The van der Waals surface area contributed by atoms with Crippen molar-refractivity contribution in [3.05, 3.63) is 97.6 Å². The Hall–Kier alpha value is -4.09. The molecule has 4 rings (SSSR count). The van der Waals surface area contributed by atoms with Gasteiger partial charge in [-0.3, -0.25) is 24.6 Å². The molecule has 38 heavy (non-hydrogen) atoms. The number of nitro groups is 1. The first-order valence-corrected chi connectivity index (χ1v) is 12.3. The molecular formula is C26H20ClFN2O7S. The second kappa shape index (κ2) is 12.0. The zero-order valence-corrected chi connectivity index (χ0v) is 21.5. The van der Waals surface area contributed by atoms with E-state index in [9.17, 15) is 24.1 Å². The molecule has 9 nitrogen and oxygen atoms in total. The number of halogens is 2. The van der Waals surface area contributed by atoms with Gasteiger partial charge in [0.25, 0.3) is 16.8 Å². The summed E-state index contributed by atoms with van der Waals surface area (Å²) in [6, 6.07) is 14.5. The average molecular weight is 559 g/mol. The van der Waals surface area contributed by atoms with Crippen LogP contribution in [0.4, 0.5) is 14.9 Å². The molecule has 0 unspecified atom stereocenters. The van der Waals surface area contributed by atoms with Crippen LogP contribution in [0.2, 0.25) is 5.02 Å². The number of imide groups is 1. The largest absolute Gasteiger partial charge is 0.493 e. The molecule has 0 saturated carbocycles. The van der Waals surface area contributed by atoms with Gasteiger partial charge in [-0.05, 0) is 77.5 Å². The third-order valence-electron chi connectivity index (χ3n) is 5.35. The van der Waals surface area contributed by atoms with E-state index < -0.39 is 21.9 Å². The van der Waals surface area contributed by atoms with Gasteiger partial charge in [0.05, 0.1) is 28.5 Å². The van der Waals surface area contributed by atoms with Crippen LogP contribution in [0.15, 0.2) is 65.6 Å². The van der Waals surface area contributed by atoms with Gasteiger partial charge in [0.15, 0.2) is 11.5 Å². The van der Waals surface area contributed by atoms with Gasteiger partial charge in [0.2, 0.25) is 0 Å². The van der Waals surface area contributed by atoms with Gasteiger partial charge in [-0.1, -0.05) is 11.6 Å². The van der Waals surface area contributed by atoms with Crippen molar-refractivity contribution in [2.24, 2.45) is 0 Å². The maximum atomic E-state index is 13.0. The molecule has 1 heterocycles. The van der Waals surface area contributed by atoms with Crippen LogP contribution in [0.5, 0.6) is 17.2 Å². The van der Waals surface area contributed by atoms with Crippen LogP contribution in [-0.2, 0) is 11.4 Å². The number of carbonyl (C=O) groups excluding carboxylic acids is 2. The van der Waals surface area contributed by atoms with E-state index in [0.29, 0.717) is 22.6 Å². The van der Waals surface area contributed by atoms with E-state index in [-0.39, 0.29) is 41.1 Å². The van der Waals surface area contributed by atoms with Gasteiger partial charge in [0.1, 0.15) is 24.8 Å². The molecule has 1 aliphatic rings. The van der Waals surface area contributed by atoms with Crippen molar-refractivity contribution in [3.63, 3.8) is 0 Å². The summed E-state index contributed by atoms with van der Waals surface area (Å²) in [4.78, 5) is 36.8. The average Bonchev–Trinajstić information content (AvgIpc) is 3.16. The van der Waals surface area contributed by atoms with Crippen LogP contribution in [0.1, 0.15) is 11.1 Å². The molecule has 1 fully saturated rings. The molecule has 0 N–H and O–H groups in total. The highest BCUT2D eigenvalue weighted by Crippen LogP contribution is 2.39. The minimum Gasteiger partial charge on any atom is -0.493 e. The van der Waals surface area contributed by atoms with Gasteiger partial charge in [0, 0.05) is 12.1 Å². The number of ether oxygens (including phenoxy) is 3. The lowest BCUT2D eigenvalue weighted by Gasteiger charge is -2.14. The maximum absolute atomic E-state index is 13.0. The van der Waals surface area contributed by atoms with E-state index in [1.54, 1.807) is 24.3 Å². The number of thioether (sulfide) groups is 1. The van der Waals surface area contributed by atoms with E-state index in [1.807, 2.05) is 0 Å². The van der Waals surface area contributed by atoms with E-state index in [2.05, 4.69) is 0 Å². The van der Waals surface area contributed by atoms with E-state index in [0.717, 1.165) is 16.7 Å². The van der Waals surface area contributed by atoms with E-state index in [1.165, 1.54) is 49.6 Å². The highest BCUT2D eigenvalue weighted by Gasteiger charge is 2.35. The zero-order valence-electron chi connectivity index (χ0n) is 19.9. The molecule has 196 valence electrons. The number of nitro benzene ring substituents is 1. The smallest absolute Gasteiger partial charge is 0.293 e. The fourth-order valence-corrected chi connectivity index (χ4v) is 4.60. The zero-order chi connectivity index (χ0) is 27.2. The molecule has 3 aromatic carbocycles. The maximum Gasteiger partial charge on any atom is 0.293 e. The molecule has 1 saturated heterocycles. The number of methoxy groups -OCH3 is 1. The molecule has 0 bridgehead atoms. The summed E-state index contributed by atoms with van der Waals surface area (Å²) in [5.41, 5.74) is 1.18. The van der Waals surface area contributed by atoms with Gasteiger partial charge >= 0.3 is 0 Å². The Kier molecular flexibility index (Phi) is 8.49. The Bertz CT molecular complexity index is 1400. The van der Waals surface area contributed by atoms with Crippen molar-refractivity contribution >= 4 is 46.3 Å². The number of non-ortho nitro benzene ring substituents is 1. The van der Waals surface area contributed by atoms with Gasteiger partial charge in [-0.25, -0.2) is 4.39 Å². The molecule has 0 aromatic heterocycles. The Labute approximate surface area is 225 Å².